The highest BCUT2D eigenvalue weighted by molar-refractivity contribution is 7.99. The number of nitrogens with two attached hydrogens (primary N) is 1. The minimum Gasteiger partial charge on any atom is -0.368 e. The molecule has 2 aromatic rings. The fourth-order valence-corrected chi connectivity index (χ4v) is 2.64. The lowest BCUT2D eigenvalue weighted by Gasteiger charge is -1.93. The zero-order valence-corrected chi connectivity index (χ0v) is 9.07. The summed E-state index contributed by atoms with van der Waals surface area (Å²) < 4.78 is 0. The zero-order valence-electron chi connectivity index (χ0n) is 7.43. The van der Waals surface area contributed by atoms with Crippen molar-refractivity contribution >= 4 is 29.0 Å². The third-order valence-corrected chi connectivity index (χ3v) is 3.43. The van der Waals surface area contributed by atoms with Crippen molar-refractivity contribution < 1.29 is 0 Å². The van der Waals surface area contributed by atoms with Crippen molar-refractivity contribution in [3.8, 4) is 0 Å². The number of hydrogen-bond acceptors (Lipinski definition) is 5. The fraction of sp³-hybridized carbons (Fsp3) is 0.250. The highest BCUT2D eigenvalue weighted by atomic mass is 32.2. The molecule has 0 amide bonds. The van der Waals surface area contributed by atoms with Gasteiger partial charge in [0.15, 0.2) is 0 Å². The first-order valence-electron chi connectivity index (χ1n) is 4.17. The van der Waals surface area contributed by atoms with Crippen LogP contribution < -0.4 is 5.73 Å². The molecule has 0 fully saturated rings. The van der Waals surface area contributed by atoms with Gasteiger partial charge in [-0.2, -0.15) is 4.98 Å². The van der Waals surface area contributed by atoms with E-state index in [-0.39, 0.29) is 0 Å². The SMILES string of the molecule is Nc1nc(SCCc2cccs2)n[nH]1. The topological polar surface area (TPSA) is 67.6 Å². The highest BCUT2D eigenvalue weighted by Crippen LogP contribution is 2.17. The van der Waals surface area contributed by atoms with Crippen LogP contribution in [0.25, 0.3) is 0 Å². The Morgan fingerprint density at radius 3 is 3.14 bits per heavy atom. The fourth-order valence-electron chi connectivity index (χ4n) is 1.02. The number of aromatic nitrogens is 3. The van der Waals surface area contributed by atoms with E-state index < -0.39 is 0 Å². The van der Waals surface area contributed by atoms with Crippen LogP contribution in [0.15, 0.2) is 22.7 Å². The molecule has 0 aromatic carbocycles. The predicted molar refractivity (Wildman–Crippen MR) is 59.5 cm³/mol. The minimum absolute atomic E-state index is 0.378. The van der Waals surface area contributed by atoms with Crippen LogP contribution in [-0.2, 0) is 6.42 Å². The summed E-state index contributed by atoms with van der Waals surface area (Å²) in [7, 11) is 0. The number of aryl methyl sites for hydroxylation is 1. The third-order valence-electron chi connectivity index (χ3n) is 1.64. The van der Waals surface area contributed by atoms with Gasteiger partial charge in [0.1, 0.15) is 0 Å². The number of rotatable bonds is 4. The highest BCUT2D eigenvalue weighted by Gasteiger charge is 2.01. The number of nitrogen functional groups attached to an aromatic ring is 1. The normalized spacial score (nSPS) is 10.6. The molecule has 2 aromatic heterocycles. The summed E-state index contributed by atoms with van der Waals surface area (Å²) >= 11 is 3.39. The van der Waals surface area contributed by atoms with Gasteiger partial charge in [-0.15, -0.1) is 16.4 Å². The molecule has 0 bridgehead atoms. The van der Waals surface area contributed by atoms with Crippen molar-refractivity contribution in [2.45, 2.75) is 11.6 Å². The summed E-state index contributed by atoms with van der Waals surface area (Å²) in [6.45, 7) is 0. The number of aromatic amines is 1. The van der Waals surface area contributed by atoms with Gasteiger partial charge < -0.3 is 5.73 Å². The van der Waals surface area contributed by atoms with Crippen molar-refractivity contribution in [3.05, 3.63) is 22.4 Å². The second kappa shape index (κ2) is 4.47. The molecule has 74 valence electrons. The summed E-state index contributed by atoms with van der Waals surface area (Å²) in [5, 5.41) is 9.36. The van der Waals surface area contributed by atoms with Crippen LogP contribution in [0.5, 0.6) is 0 Å². The van der Waals surface area contributed by atoms with E-state index in [1.165, 1.54) is 4.88 Å². The maximum absolute atomic E-state index is 5.40. The molecule has 0 aliphatic heterocycles. The van der Waals surface area contributed by atoms with Gasteiger partial charge in [-0.05, 0) is 17.9 Å². The van der Waals surface area contributed by atoms with Crippen LogP contribution in [-0.4, -0.2) is 20.9 Å². The Labute approximate surface area is 89.9 Å². The van der Waals surface area contributed by atoms with Crippen molar-refractivity contribution in [2.75, 3.05) is 11.5 Å². The monoisotopic (exact) mass is 226 g/mol. The Balaban J connectivity index is 1.78. The quantitative estimate of drug-likeness (QED) is 0.780. The molecule has 14 heavy (non-hydrogen) atoms. The summed E-state index contributed by atoms with van der Waals surface area (Å²) in [6, 6.07) is 4.20. The molecule has 0 aliphatic rings. The zero-order chi connectivity index (χ0) is 9.80. The first kappa shape index (κ1) is 9.54. The van der Waals surface area contributed by atoms with E-state index in [9.17, 15) is 0 Å². The van der Waals surface area contributed by atoms with Gasteiger partial charge >= 0.3 is 0 Å². The predicted octanol–water partition coefficient (Wildman–Crippen LogP) is 1.78. The van der Waals surface area contributed by atoms with Crippen molar-refractivity contribution in [1.82, 2.24) is 15.2 Å². The van der Waals surface area contributed by atoms with Crippen LogP contribution in [0.1, 0.15) is 4.88 Å². The Morgan fingerprint density at radius 1 is 1.57 bits per heavy atom. The Bertz CT molecular complexity index is 382. The van der Waals surface area contributed by atoms with Crippen molar-refractivity contribution in [3.63, 3.8) is 0 Å². The summed E-state index contributed by atoms with van der Waals surface area (Å²) in [4.78, 5) is 5.40. The molecule has 0 atom stereocenters. The first-order valence-corrected chi connectivity index (χ1v) is 6.04. The third kappa shape index (κ3) is 2.49. The second-order valence-corrected chi connectivity index (χ2v) is 4.78. The standard InChI is InChI=1S/C8H10N4S2/c9-7-10-8(12-11-7)14-5-3-6-2-1-4-13-6/h1-2,4H,3,5H2,(H3,9,10,11,12). The van der Waals surface area contributed by atoms with Crippen molar-refractivity contribution in [2.24, 2.45) is 0 Å². The van der Waals surface area contributed by atoms with Gasteiger partial charge in [-0.25, -0.2) is 5.10 Å². The van der Waals surface area contributed by atoms with Crippen LogP contribution >= 0.6 is 23.1 Å². The molecule has 0 spiro atoms. The largest absolute Gasteiger partial charge is 0.368 e. The van der Waals surface area contributed by atoms with Crippen LogP contribution in [0, 0.1) is 0 Å². The molecule has 0 unspecified atom stereocenters. The maximum Gasteiger partial charge on any atom is 0.216 e. The van der Waals surface area contributed by atoms with E-state index in [1.807, 2.05) is 0 Å². The molecule has 4 nitrogen and oxygen atoms in total. The van der Waals surface area contributed by atoms with E-state index in [0.717, 1.165) is 17.3 Å². The molecule has 0 saturated carbocycles. The van der Waals surface area contributed by atoms with Crippen LogP contribution in [0.4, 0.5) is 5.95 Å². The number of H-pyrrole nitrogens is 1. The molecule has 0 radical (unpaired) electrons. The number of thiophene rings is 1. The van der Waals surface area contributed by atoms with Crippen molar-refractivity contribution in [1.29, 1.82) is 0 Å². The van der Waals surface area contributed by atoms with E-state index in [2.05, 4.69) is 32.7 Å². The summed E-state index contributed by atoms with van der Waals surface area (Å²) in [6.07, 6.45) is 1.05. The van der Waals surface area contributed by atoms with E-state index >= 15 is 0 Å². The van der Waals surface area contributed by atoms with Gasteiger partial charge in [0.05, 0.1) is 0 Å². The molecule has 2 heterocycles. The molecule has 2 rings (SSSR count). The van der Waals surface area contributed by atoms with Gasteiger partial charge in [-0.3, -0.25) is 0 Å². The number of thioether (sulfide) groups is 1. The Kier molecular flexibility index (Phi) is 3.05. The van der Waals surface area contributed by atoms with E-state index in [1.54, 1.807) is 23.1 Å². The van der Waals surface area contributed by atoms with Gasteiger partial charge in [0, 0.05) is 10.6 Å². The number of nitrogens with zero attached hydrogens (tertiary/aromatic N) is 2. The van der Waals surface area contributed by atoms with Crippen LogP contribution in [0.3, 0.4) is 0 Å². The second-order valence-electron chi connectivity index (χ2n) is 2.68. The average molecular weight is 226 g/mol. The lowest BCUT2D eigenvalue weighted by atomic mass is 10.4. The summed E-state index contributed by atoms with van der Waals surface area (Å²) in [5.74, 6) is 1.36. The van der Waals surface area contributed by atoms with Gasteiger partial charge in [0.25, 0.3) is 0 Å². The number of anilines is 1. The smallest absolute Gasteiger partial charge is 0.216 e. The number of nitrogens with one attached hydrogen (secondary N) is 1. The van der Waals surface area contributed by atoms with E-state index in [0.29, 0.717) is 5.95 Å². The molecule has 0 saturated heterocycles. The maximum atomic E-state index is 5.40. The number of hydrogen-bond donors (Lipinski definition) is 2. The summed E-state index contributed by atoms with van der Waals surface area (Å²) in [5.41, 5.74) is 5.40. The molecular formula is C8H10N4S2. The van der Waals surface area contributed by atoms with E-state index in [4.69, 9.17) is 5.73 Å². The lowest BCUT2D eigenvalue weighted by Crippen LogP contribution is -1.86. The van der Waals surface area contributed by atoms with Crippen LogP contribution in [0.2, 0.25) is 0 Å². The molecule has 6 heteroatoms. The average Bonchev–Trinajstić information content (AvgIpc) is 2.77. The molecular weight excluding hydrogens is 216 g/mol. The minimum atomic E-state index is 0.378. The Hall–Kier alpha value is -1.01. The first-order chi connectivity index (χ1) is 6.84. The Morgan fingerprint density at radius 2 is 2.50 bits per heavy atom. The molecule has 0 aliphatic carbocycles. The molecule has 3 N–H and O–H groups in total. The van der Waals surface area contributed by atoms with Gasteiger partial charge in [0.2, 0.25) is 11.1 Å². The lowest BCUT2D eigenvalue weighted by molar-refractivity contribution is 0.971. The van der Waals surface area contributed by atoms with Gasteiger partial charge in [-0.1, -0.05) is 17.8 Å².